The van der Waals surface area contributed by atoms with E-state index in [0.717, 1.165) is 31.2 Å². The molecule has 0 aliphatic carbocycles. The van der Waals surface area contributed by atoms with Gasteiger partial charge in [-0.2, -0.15) is 0 Å². The van der Waals surface area contributed by atoms with Crippen LogP contribution in [0, 0.1) is 13.8 Å². The van der Waals surface area contributed by atoms with Gasteiger partial charge in [0.05, 0.1) is 25.3 Å². The third-order valence-electron chi connectivity index (χ3n) is 4.53. The zero-order chi connectivity index (χ0) is 17.1. The molecule has 0 unspecified atom stereocenters. The largest absolute Gasteiger partial charge is 0.333 e. The first-order valence-electron chi connectivity index (χ1n) is 8.24. The van der Waals surface area contributed by atoms with E-state index in [1.54, 1.807) is 17.4 Å². The maximum atomic E-state index is 12.7. The number of imidazole rings is 1. The van der Waals surface area contributed by atoms with E-state index in [1.807, 2.05) is 23.3 Å². The lowest BCUT2D eigenvalue weighted by Gasteiger charge is -2.30. The highest BCUT2D eigenvalue weighted by molar-refractivity contribution is 7.09. The Morgan fingerprint density at radius 2 is 2.29 bits per heavy atom. The van der Waals surface area contributed by atoms with E-state index in [-0.39, 0.29) is 5.91 Å². The van der Waals surface area contributed by atoms with Gasteiger partial charge in [0.25, 0.3) is 0 Å². The second-order valence-corrected chi connectivity index (χ2v) is 7.24. The van der Waals surface area contributed by atoms with E-state index in [2.05, 4.69) is 34.0 Å². The summed E-state index contributed by atoms with van der Waals surface area (Å²) >= 11 is 1.68. The highest BCUT2D eigenvalue weighted by atomic mass is 32.1. The van der Waals surface area contributed by atoms with Crippen LogP contribution in [0.25, 0.3) is 0 Å². The Hall–Kier alpha value is -1.92. The third kappa shape index (κ3) is 3.60. The van der Waals surface area contributed by atoms with E-state index >= 15 is 0 Å². The van der Waals surface area contributed by atoms with Crippen LogP contribution in [0.1, 0.15) is 22.1 Å². The van der Waals surface area contributed by atoms with Crippen molar-refractivity contribution < 1.29 is 4.79 Å². The van der Waals surface area contributed by atoms with Gasteiger partial charge in [-0.15, -0.1) is 17.9 Å². The fourth-order valence-electron chi connectivity index (χ4n) is 3.09. The Bertz CT molecular complexity index is 720. The van der Waals surface area contributed by atoms with Crippen LogP contribution < -0.4 is 0 Å². The molecule has 128 valence electrons. The van der Waals surface area contributed by atoms with Crippen LogP contribution in [0.4, 0.5) is 0 Å². The monoisotopic (exact) mass is 344 g/mol. The molecule has 0 fully saturated rings. The van der Waals surface area contributed by atoms with Crippen molar-refractivity contribution in [1.82, 2.24) is 19.4 Å². The third-order valence-corrected chi connectivity index (χ3v) is 5.39. The SMILES string of the molecule is C=CCN(Cc1cccs1)C(=O)CN1CCn2c(nc(C)c2C)C1. The fourth-order valence-corrected chi connectivity index (χ4v) is 3.81. The highest BCUT2D eigenvalue weighted by Crippen LogP contribution is 2.17. The van der Waals surface area contributed by atoms with Gasteiger partial charge in [0.1, 0.15) is 5.82 Å². The predicted octanol–water partition coefficient (Wildman–Crippen LogP) is 2.59. The molecule has 3 rings (SSSR count). The maximum Gasteiger partial charge on any atom is 0.237 e. The number of fused-ring (bicyclic) bond motifs is 1. The van der Waals surface area contributed by atoms with Crippen LogP contribution in [0.2, 0.25) is 0 Å². The predicted molar refractivity (Wildman–Crippen MR) is 96.9 cm³/mol. The van der Waals surface area contributed by atoms with Crippen LogP contribution in [-0.2, 0) is 24.4 Å². The molecule has 0 spiro atoms. The maximum absolute atomic E-state index is 12.7. The molecule has 0 saturated carbocycles. The van der Waals surface area contributed by atoms with Crippen molar-refractivity contribution in [1.29, 1.82) is 0 Å². The number of aromatic nitrogens is 2. The Kier molecular flexibility index (Phi) is 5.16. The molecule has 1 aliphatic heterocycles. The van der Waals surface area contributed by atoms with Crippen molar-refractivity contribution in [2.45, 2.75) is 33.5 Å². The molecule has 2 aromatic rings. The number of carbonyl (C=O) groups excluding carboxylic acids is 1. The van der Waals surface area contributed by atoms with Crippen LogP contribution in [-0.4, -0.2) is 44.9 Å². The van der Waals surface area contributed by atoms with Gasteiger partial charge in [-0.1, -0.05) is 12.1 Å². The molecule has 0 aromatic carbocycles. The average Bonchev–Trinajstić information content (AvgIpc) is 3.16. The summed E-state index contributed by atoms with van der Waals surface area (Å²) in [6, 6.07) is 4.09. The molecule has 24 heavy (non-hydrogen) atoms. The summed E-state index contributed by atoms with van der Waals surface area (Å²) in [6.45, 7) is 12.1. The first-order chi connectivity index (χ1) is 11.6. The number of hydrogen-bond acceptors (Lipinski definition) is 4. The summed E-state index contributed by atoms with van der Waals surface area (Å²) < 4.78 is 2.27. The summed E-state index contributed by atoms with van der Waals surface area (Å²) in [4.78, 5) is 22.6. The van der Waals surface area contributed by atoms with Crippen LogP contribution in [0.3, 0.4) is 0 Å². The molecule has 0 bridgehead atoms. The minimum absolute atomic E-state index is 0.150. The molecule has 0 saturated heterocycles. The molecule has 3 heterocycles. The van der Waals surface area contributed by atoms with E-state index in [1.165, 1.54) is 10.6 Å². The summed E-state index contributed by atoms with van der Waals surface area (Å²) in [5, 5.41) is 2.04. The number of aryl methyl sites for hydroxylation is 1. The van der Waals surface area contributed by atoms with Crippen molar-refractivity contribution in [3.8, 4) is 0 Å². The lowest BCUT2D eigenvalue weighted by atomic mass is 10.3. The van der Waals surface area contributed by atoms with Gasteiger partial charge in [-0.05, 0) is 25.3 Å². The molecule has 0 atom stereocenters. The van der Waals surface area contributed by atoms with Gasteiger partial charge in [0, 0.05) is 30.2 Å². The minimum Gasteiger partial charge on any atom is -0.333 e. The second kappa shape index (κ2) is 7.32. The number of amides is 1. The van der Waals surface area contributed by atoms with Gasteiger partial charge in [0.15, 0.2) is 0 Å². The van der Waals surface area contributed by atoms with Crippen LogP contribution >= 0.6 is 11.3 Å². The number of rotatable bonds is 6. The molecule has 6 heteroatoms. The zero-order valence-electron chi connectivity index (χ0n) is 14.4. The molecule has 5 nitrogen and oxygen atoms in total. The van der Waals surface area contributed by atoms with Gasteiger partial charge in [-0.3, -0.25) is 9.69 Å². The number of hydrogen-bond donors (Lipinski definition) is 0. The Balaban J connectivity index is 1.63. The van der Waals surface area contributed by atoms with E-state index in [0.29, 0.717) is 19.6 Å². The Morgan fingerprint density at radius 3 is 3.00 bits per heavy atom. The Labute approximate surface area is 147 Å². The molecule has 1 amide bonds. The van der Waals surface area contributed by atoms with Crippen LogP contribution in [0.15, 0.2) is 30.2 Å². The number of carbonyl (C=O) groups is 1. The molecule has 2 aromatic heterocycles. The quantitative estimate of drug-likeness (QED) is 0.757. The first-order valence-corrected chi connectivity index (χ1v) is 9.12. The molecular formula is C18H24N4OS. The van der Waals surface area contributed by atoms with Crippen LogP contribution in [0.5, 0.6) is 0 Å². The van der Waals surface area contributed by atoms with E-state index in [9.17, 15) is 4.79 Å². The molecule has 0 N–H and O–H groups in total. The number of thiophene rings is 1. The topological polar surface area (TPSA) is 41.4 Å². The second-order valence-electron chi connectivity index (χ2n) is 6.20. The summed E-state index contributed by atoms with van der Waals surface area (Å²) in [5.41, 5.74) is 2.33. The fraction of sp³-hybridized carbons (Fsp3) is 0.444. The van der Waals surface area contributed by atoms with Gasteiger partial charge in [-0.25, -0.2) is 4.98 Å². The van der Waals surface area contributed by atoms with E-state index in [4.69, 9.17) is 0 Å². The normalized spacial score (nSPS) is 14.4. The van der Waals surface area contributed by atoms with Crippen molar-refractivity contribution in [2.75, 3.05) is 19.6 Å². The lowest BCUT2D eigenvalue weighted by Crippen LogP contribution is -2.43. The molecule has 1 aliphatic rings. The van der Waals surface area contributed by atoms with Crippen molar-refractivity contribution in [2.24, 2.45) is 0 Å². The molecular weight excluding hydrogens is 320 g/mol. The molecule has 0 radical (unpaired) electrons. The summed E-state index contributed by atoms with van der Waals surface area (Å²) in [6.07, 6.45) is 1.79. The summed E-state index contributed by atoms with van der Waals surface area (Å²) in [7, 11) is 0. The van der Waals surface area contributed by atoms with E-state index < -0.39 is 0 Å². The van der Waals surface area contributed by atoms with Gasteiger partial charge >= 0.3 is 0 Å². The minimum atomic E-state index is 0.150. The smallest absolute Gasteiger partial charge is 0.237 e. The summed E-state index contributed by atoms with van der Waals surface area (Å²) in [5.74, 6) is 1.22. The van der Waals surface area contributed by atoms with Gasteiger partial charge < -0.3 is 9.47 Å². The number of nitrogens with zero attached hydrogens (tertiary/aromatic N) is 4. The lowest BCUT2D eigenvalue weighted by molar-refractivity contribution is -0.132. The van der Waals surface area contributed by atoms with Crippen molar-refractivity contribution >= 4 is 17.2 Å². The average molecular weight is 344 g/mol. The van der Waals surface area contributed by atoms with Gasteiger partial charge in [0.2, 0.25) is 5.91 Å². The standard InChI is InChI=1S/C18H24N4OS/c1-4-7-21(11-16-6-5-10-24-16)18(23)13-20-8-9-22-15(3)14(2)19-17(22)12-20/h4-6,10H,1,7-9,11-13H2,2-3H3. The van der Waals surface area contributed by atoms with Crippen molar-refractivity contribution in [3.05, 3.63) is 52.3 Å². The Morgan fingerprint density at radius 1 is 1.46 bits per heavy atom. The highest BCUT2D eigenvalue weighted by Gasteiger charge is 2.23. The first kappa shape index (κ1) is 16.9. The zero-order valence-corrected chi connectivity index (χ0v) is 15.2. The van der Waals surface area contributed by atoms with Crippen molar-refractivity contribution in [3.63, 3.8) is 0 Å².